The summed E-state index contributed by atoms with van der Waals surface area (Å²) in [7, 11) is 0.678. The molecule has 0 saturated carbocycles. The number of rotatable bonds is 6. The van der Waals surface area contributed by atoms with Gasteiger partial charge in [0.05, 0.1) is 25.2 Å². The van der Waals surface area contributed by atoms with Gasteiger partial charge in [-0.15, -0.1) is 0 Å². The van der Waals surface area contributed by atoms with E-state index in [1.807, 2.05) is 0 Å². The molecular formula is C12H19NO5S. The first-order valence-corrected chi connectivity index (χ1v) is 7.13. The van der Waals surface area contributed by atoms with Gasteiger partial charge in [0, 0.05) is 19.7 Å². The molecule has 0 aromatic heterocycles. The number of sulfonamides is 1. The minimum Gasteiger partial charge on any atom is -0.493 e. The van der Waals surface area contributed by atoms with Crippen molar-refractivity contribution in [3.05, 3.63) is 18.2 Å². The van der Waals surface area contributed by atoms with E-state index in [9.17, 15) is 13.5 Å². The molecule has 0 spiro atoms. The minimum absolute atomic E-state index is 0.0245. The van der Waals surface area contributed by atoms with Crippen LogP contribution in [0.5, 0.6) is 11.5 Å². The molecule has 0 fully saturated rings. The van der Waals surface area contributed by atoms with Gasteiger partial charge in [-0.05, 0) is 19.1 Å². The zero-order valence-corrected chi connectivity index (χ0v) is 12.3. The molecule has 1 atom stereocenters. The van der Waals surface area contributed by atoms with Crippen molar-refractivity contribution in [2.24, 2.45) is 0 Å². The summed E-state index contributed by atoms with van der Waals surface area (Å²) in [5.74, 6) is 0.800. The number of benzene rings is 1. The molecule has 0 aliphatic carbocycles. The van der Waals surface area contributed by atoms with Crippen LogP contribution in [0.4, 0.5) is 0 Å². The van der Waals surface area contributed by atoms with Crippen LogP contribution >= 0.6 is 0 Å². The van der Waals surface area contributed by atoms with Crippen LogP contribution in [0.15, 0.2) is 23.1 Å². The molecule has 0 aliphatic rings. The second-order valence-electron chi connectivity index (χ2n) is 4.15. The van der Waals surface area contributed by atoms with E-state index in [4.69, 9.17) is 9.47 Å². The number of methoxy groups -OCH3 is 2. The highest BCUT2D eigenvalue weighted by molar-refractivity contribution is 7.89. The lowest BCUT2D eigenvalue weighted by Gasteiger charge is -2.19. The van der Waals surface area contributed by atoms with Gasteiger partial charge >= 0.3 is 0 Å². The maximum absolute atomic E-state index is 12.3. The van der Waals surface area contributed by atoms with Crippen molar-refractivity contribution in [2.45, 2.75) is 17.9 Å². The number of aliphatic hydroxyl groups excluding tert-OH is 1. The fourth-order valence-electron chi connectivity index (χ4n) is 1.63. The molecule has 0 saturated heterocycles. The fraction of sp³-hybridized carbons (Fsp3) is 0.500. The van der Waals surface area contributed by atoms with Crippen LogP contribution in [0.1, 0.15) is 6.92 Å². The Balaban J connectivity index is 3.15. The van der Waals surface area contributed by atoms with E-state index < -0.39 is 16.1 Å². The molecule has 1 N–H and O–H groups in total. The first-order chi connectivity index (χ1) is 8.82. The van der Waals surface area contributed by atoms with E-state index in [0.29, 0.717) is 11.5 Å². The molecule has 19 heavy (non-hydrogen) atoms. The summed E-state index contributed by atoms with van der Waals surface area (Å²) in [4.78, 5) is 0.0910. The molecule has 1 unspecified atom stereocenters. The molecule has 0 bridgehead atoms. The number of hydrogen-bond donors (Lipinski definition) is 1. The summed E-state index contributed by atoms with van der Waals surface area (Å²) < 4.78 is 35.7. The Labute approximate surface area is 113 Å². The van der Waals surface area contributed by atoms with Gasteiger partial charge < -0.3 is 14.6 Å². The van der Waals surface area contributed by atoms with Gasteiger partial charge in [0.1, 0.15) is 0 Å². The highest BCUT2D eigenvalue weighted by atomic mass is 32.2. The van der Waals surface area contributed by atoms with Gasteiger partial charge in [-0.2, -0.15) is 4.31 Å². The van der Waals surface area contributed by atoms with Gasteiger partial charge in [-0.1, -0.05) is 0 Å². The second-order valence-corrected chi connectivity index (χ2v) is 6.20. The van der Waals surface area contributed by atoms with E-state index >= 15 is 0 Å². The maximum atomic E-state index is 12.3. The van der Waals surface area contributed by atoms with Crippen molar-refractivity contribution in [1.29, 1.82) is 0 Å². The van der Waals surface area contributed by atoms with Crippen molar-refractivity contribution < 1.29 is 23.0 Å². The van der Waals surface area contributed by atoms with Crippen LogP contribution in [0, 0.1) is 0 Å². The molecule has 0 heterocycles. The Morgan fingerprint density at radius 1 is 1.26 bits per heavy atom. The molecule has 7 heteroatoms. The number of hydrogen-bond acceptors (Lipinski definition) is 5. The Hall–Kier alpha value is -1.31. The lowest BCUT2D eigenvalue weighted by atomic mass is 10.3. The van der Waals surface area contributed by atoms with Gasteiger partial charge in [0.25, 0.3) is 0 Å². The third-order valence-electron chi connectivity index (χ3n) is 2.58. The summed E-state index contributed by atoms with van der Waals surface area (Å²) in [5.41, 5.74) is 0. The summed E-state index contributed by atoms with van der Waals surface area (Å²) in [6.45, 7) is 1.55. The van der Waals surface area contributed by atoms with Crippen LogP contribution in [-0.2, 0) is 10.0 Å². The first-order valence-electron chi connectivity index (χ1n) is 5.69. The Kier molecular flexibility index (Phi) is 5.16. The van der Waals surface area contributed by atoms with Gasteiger partial charge in [0.15, 0.2) is 11.5 Å². The number of ether oxygens (including phenoxy) is 2. The van der Waals surface area contributed by atoms with E-state index in [1.54, 1.807) is 0 Å². The molecule has 108 valence electrons. The van der Waals surface area contributed by atoms with Crippen molar-refractivity contribution >= 4 is 10.0 Å². The lowest BCUT2D eigenvalue weighted by molar-refractivity contribution is 0.171. The molecule has 0 aliphatic heterocycles. The number of nitrogens with zero attached hydrogens (tertiary/aromatic N) is 1. The predicted molar refractivity (Wildman–Crippen MR) is 71.0 cm³/mol. The molecule has 1 aromatic rings. The average molecular weight is 289 g/mol. The van der Waals surface area contributed by atoms with Crippen molar-refractivity contribution in [3.63, 3.8) is 0 Å². The Morgan fingerprint density at radius 3 is 2.32 bits per heavy atom. The van der Waals surface area contributed by atoms with Crippen LogP contribution in [0.2, 0.25) is 0 Å². The third-order valence-corrected chi connectivity index (χ3v) is 4.40. The van der Waals surface area contributed by atoms with E-state index in [-0.39, 0.29) is 11.4 Å². The summed E-state index contributed by atoms with van der Waals surface area (Å²) in [6, 6.07) is 4.36. The highest BCUT2D eigenvalue weighted by Gasteiger charge is 2.23. The topological polar surface area (TPSA) is 76.1 Å². The average Bonchev–Trinajstić information content (AvgIpc) is 2.36. The molecule has 0 radical (unpaired) electrons. The number of aliphatic hydroxyl groups is 1. The molecular weight excluding hydrogens is 270 g/mol. The predicted octanol–water partition coefficient (Wildman–Crippen LogP) is 0.705. The van der Waals surface area contributed by atoms with Gasteiger partial charge in [0.2, 0.25) is 10.0 Å². The van der Waals surface area contributed by atoms with E-state index in [2.05, 4.69) is 0 Å². The lowest BCUT2D eigenvalue weighted by Crippen LogP contribution is -2.33. The normalized spacial score (nSPS) is 13.4. The zero-order valence-electron chi connectivity index (χ0n) is 11.5. The third kappa shape index (κ3) is 3.59. The van der Waals surface area contributed by atoms with Crippen LogP contribution in [0.25, 0.3) is 0 Å². The van der Waals surface area contributed by atoms with Gasteiger partial charge in [-0.3, -0.25) is 0 Å². The fourth-order valence-corrected chi connectivity index (χ4v) is 2.90. The zero-order chi connectivity index (χ0) is 14.6. The smallest absolute Gasteiger partial charge is 0.243 e. The minimum atomic E-state index is -3.65. The Morgan fingerprint density at radius 2 is 1.84 bits per heavy atom. The van der Waals surface area contributed by atoms with Crippen LogP contribution in [-0.4, -0.2) is 51.7 Å². The first kappa shape index (κ1) is 15.7. The van der Waals surface area contributed by atoms with Crippen molar-refractivity contribution in [1.82, 2.24) is 4.31 Å². The van der Waals surface area contributed by atoms with Crippen molar-refractivity contribution in [2.75, 3.05) is 27.8 Å². The number of likely N-dealkylation sites (N-methyl/N-ethyl adjacent to an activating group) is 1. The summed E-state index contributed by atoms with van der Waals surface area (Å²) >= 11 is 0. The van der Waals surface area contributed by atoms with Crippen LogP contribution in [0.3, 0.4) is 0 Å². The summed E-state index contributed by atoms with van der Waals surface area (Å²) in [6.07, 6.45) is -0.736. The molecule has 1 aromatic carbocycles. The molecule has 6 nitrogen and oxygen atoms in total. The van der Waals surface area contributed by atoms with Crippen LogP contribution < -0.4 is 9.47 Å². The van der Waals surface area contributed by atoms with Gasteiger partial charge in [-0.25, -0.2) is 8.42 Å². The maximum Gasteiger partial charge on any atom is 0.243 e. The second kappa shape index (κ2) is 6.23. The Bertz CT molecular complexity index is 527. The van der Waals surface area contributed by atoms with E-state index in [0.717, 1.165) is 4.31 Å². The van der Waals surface area contributed by atoms with E-state index in [1.165, 1.54) is 46.4 Å². The monoisotopic (exact) mass is 289 g/mol. The molecule has 0 amide bonds. The highest BCUT2D eigenvalue weighted by Crippen LogP contribution is 2.30. The SMILES string of the molecule is COc1ccc(S(=O)(=O)N(C)CC(C)O)cc1OC. The quantitative estimate of drug-likeness (QED) is 0.834. The molecule has 1 rings (SSSR count). The standard InChI is InChI=1S/C12H19NO5S/c1-9(14)8-13(2)19(15,16)10-5-6-11(17-3)12(7-10)18-4/h5-7,9,14H,8H2,1-4H3. The summed E-state index contributed by atoms with van der Waals surface area (Å²) in [5, 5.41) is 9.27. The van der Waals surface area contributed by atoms with Crippen molar-refractivity contribution in [3.8, 4) is 11.5 Å². The largest absolute Gasteiger partial charge is 0.493 e.